The molecule has 0 bridgehead atoms. The molecule has 0 spiro atoms. The molecule has 1 atom stereocenters. The van der Waals surface area contributed by atoms with E-state index in [2.05, 4.69) is 31.0 Å². The zero-order chi connectivity index (χ0) is 17.0. The summed E-state index contributed by atoms with van der Waals surface area (Å²) >= 11 is 5.96. The third kappa shape index (κ3) is 4.67. The molecule has 0 unspecified atom stereocenters. The average Bonchev–Trinajstić information content (AvgIpc) is 2.48. The fourth-order valence-corrected chi connectivity index (χ4v) is 3.40. The van der Waals surface area contributed by atoms with Crippen LogP contribution in [0, 0.1) is 17.7 Å². The number of rotatable bonds is 5. The Labute approximate surface area is 143 Å². The molecule has 1 aliphatic heterocycles. The van der Waals surface area contributed by atoms with E-state index < -0.39 is 11.7 Å². The molecule has 128 valence electrons. The van der Waals surface area contributed by atoms with Gasteiger partial charge in [-0.3, -0.25) is 9.69 Å². The molecule has 1 saturated heterocycles. The Morgan fingerprint density at radius 3 is 2.61 bits per heavy atom. The van der Waals surface area contributed by atoms with Gasteiger partial charge in [-0.2, -0.15) is 0 Å². The van der Waals surface area contributed by atoms with Gasteiger partial charge in [-0.1, -0.05) is 38.4 Å². The zero-order valence-electron chi connectivity index (χ0n) is 14.1. The molecule has 1 amide bonds. The van der Waals surface area contributed by atoms with Crippen LogP contribution in [0.3, 0.4) is 0 Å². The molecule has 3 nitrogen and oxygen atoms in total. The highest BCUT2D eigenvalue weighted by atomic mass is 35.5. The van der Waals surface area contributed by atoms with Gasteiger partial charge in [-0.05, 0) is 49.9 Å². The Balaban J connectivity index is 2.00. The predicted molar refractivity (Wildman–Crippen MR) is 92.3 cm³/mol. The van der Waals surface area contributed by atoms with Crippen molar-refractivity contribution in [1.82, 2.24) is 10.2 Å². The lowest BCUT2D eigenvalue weighted by Crippen LogP contribution is -2.49. The SMILES string of the molecule is CC1CCN([C@H](CNC(=O)c2c(F)cccc2Cl)C(C)C)CC1. The van der Waals surface area contributed by atoms with E-state index in [0.29, 0.717) is 12.5 Å². The van der Waals surface area contributed by atoms with Crippen molar-refractivity contribution in [3.8, 4) is 0 Å². The van der Waals surface area contributed by atoms with E-state index in [1.165, 1.54) is 31.0 Å². The van der Waals surface area contributed by atoms with E-state index in [-0.39, 0.29) is 16.6 Å². The lowest BCUT2D eigenvalue weighted by atomic mass is 9.94. The van der Waals surface area contributed by atoms with Crippen molar-refractivity contribution in [2.24, 2.45) is 11.8 Å². The summed E-state index contributed by atoms with van der Waals surface area (Å²) in [5.41, 5.74) is -0.0658. The minimum atomic E-state index is -0.581. The van der Waals surface area contributed by atoms with Crippen molar-refractivity contribution in [2.75, 3.05) is 19.6 Å². The summed E-state index contributed by atoms with van der Waals surface area (Å²) in [6, 6.07) is 4.55. The summed E-state index contributed by atoms with van der Waals surface area (Å²) in [4.78, 5) is 14.7. The van der Waals surface area contributed by atoms with Crippen molar-refractivity contribution in [3.63, 3.8) is 0 Å². The number of halogens is 2. The molecule has 23 heavy (non-hydrogen) atoms. The summed E-state index contributed by atoms with van der Waals surface area (Å²) in [5, 5.41) is 3.01. The second-order valence-corrected chi connectivity index (χ2v) is 7.24. The third-order valence-electron chi connectivity index (χ3n) is 4.72. The fraction of sp³-hybridized carbons (Fsp3) is 0.611. The largest absolute Gasteiger partial charge is 0.350 e. The number of carbonyl (C=O) groups is 1. The summed E-state index contributed by atoms with van der Waals surface area (Å²) in [5.74, 6) is 0.165. The van der Waals surface area contributed by atoms with Gasteiger partial charge in [0.25, 0.3) is 5.91 Å². The first kappa shape index (κ1) is 18.2. The Hall–Kier alpha value is -1.13. The number of hydrogen-bond donors (Lipinski definition) is 1. The number of likely N-dealkylation sites (tertiary alicyclic amines) is 1. The first-order valence-electron chi connectivity index (χ1n) is 8.36. The Bertz CT molecular complexity index is 522. The van der Waals surface area contributed by atoms with Gasteiger partial charge in [0.15, 0.2) is 0 Å². The quantitative estimate of drug-likeness (QED) is 0.879. The molecular weight excluding hydrogens is 315 g/mol. The van der Waals surface area contributed by atoms with Crippen LogP contribution in [-0.4, -0.2) is 36.5 Å². The maximum atomic E-state index is 13.8. The number of hydrogen-bond acceptors (Lipinski definition) is 2. The second kappa shape index (κ2) is 8.11. The standard InChI is InChI=1S/C18H26ClFN2O/c1-12(2)16(22-9-7-13(3)8-10-22)11-21-18(23)17-14(19)5-4-6-15(17)20/h4-6,12-13,16H,7-11H2,1-3H3,(H,21,23)/t16-/m1/s1. The maximum Gasteiger partial charge on any atom is 0.255 e. The summed E-state index contributed by atoms with van der Waals surface area (Å²) in [6.45, 7) is 9.22. The number of piperidine rings is 1. The lowest BCUT2D eigenvalue weighted by Gasteiger charge is -2.38. The smallest absolute Gasteiger partial charge is 0.255 e. The second-order valence-electron chi connectivity index (χ2n) is 6.84. The van der Waals surface area contributed by atoms with Gasteiger partial charge in [-0.25, -0.2) is 4.39 Å². The number of benzene rings is 1. The van der Waals surface area contributed by atoms with E-state index in [1.807, 2.05) is 0 Å². The van der Waals surface area contributed by atoms with Gasteiger partial charge >= 0.3 is 0 Å². The molecular formula is C18H26ClFN2O. The minimum absolute atomic E-state index is 0.0658. The van der Waals surface area contributed by atoms with Gasteiger partial charge in [0.05, 0.1) is 10.6 Å². The fourth-order valence-electron chi connectivity index (χ4n) is 3.15. The van der Waals surface area contributed by atoms with E-state index in [4.69, 9.17) is 11.6 Å². The van der Waals surface area contributed by atoms with Gasteiger partial charge in [0, 0.05) is 12.6 Å². The number of carbonyl (C=O) groups excluding carboxylic acids is 1. The zero-order valence-corrected chi connectivity index (χ0v) is 14.9. The molecule has 1 aromatic rings. The van der Waals surface area contributed by atoms with E-state index in [9.17, 15) is 9.18 Å². The van der Waals surface area contributed by atoms with Gasteiger partial charge in [-0.15, -0.1) is 0 Å². The van der Waals surface area contributed by atoms with Crippen LogP contribution >= 0.6 is 11.6 Å². The van der Waals surface area contributed by atoms with Gasteiger partial charge in [0.2, 0.25) is 0 Å². The molecule has 2 rings (SSSR count). The van der Waals surface area contributed by atoms with Crippen molar-refractivity contribution in [3.05, 3.63) is 34.6 Å². The molecule has 0 radical (unpaired) electrons. The van der Waals surface area contributed by atoms with E-state index in [0.717, 1.165) is 19.0 Å². The average molecular weight is 341 g/mol. The van der Waals surface area contributed by atoms with Crippen LogP contribution in [0.15, 0.2) is 18.2 Å². The van der Waals surface area contributed by atoms with Crippen LogP contribution in [0.5, 0.6) is 0 Å². The van der Waals surface area contributed by atoms with Crippen LogP contribution in [0.25, 0.3) is 0 Å². The highest BCUT2D eigenvalue weighted by Crippen LogP contribution is 2.22. The minimum Gasteiger partial charge on any atom is -0.350 e. The van der Waals surface area contributed by atoms with E-state index >= 15 is 0 Å². The summed E-state index contributed by atoms with van der Waals surface area (Å²) in [7, 11) is 0. The maximum absolute atomic E-state index is 13.8. The molecule has 5 heteroatoms. The Kier molecular flexibility index (Phi) is 6.42. The topological polar surface area (TPSA) is 32.3 Å². The van der Waals surface area contributed by atoms with E-state index in [1.54, 1.807) is 0 Å². The Morgan fingerprint density at radius 1 is 1.39 bits per heavy atom. The third-order valence-corrected chi connectivity index (χ3v) is 5.03. The normalized spacial score (nSPS) is 18.2. The first-order chi connectivity index (χ1) is 10.9. The van der Waals surface area contributed by atoms with Crippen LogP contribution in [-0.2, 0) is 0 Å². The highest BCUT2D eigenvalue weighted by Gasteiger charge is 2.26. The van der Waals surface area contributed by atoms with Gasteiger partial charge < -0.3 is 5.32 Å². The van der Waals surface area contributed by atoms with Crippen LogP contribution in [0.4, 0.5) is 4.39 Å². The number of nitrogens with zero attached hydrogens (tertiary/aromatic N) is 1. The van der Waals surface area contributed by atoms with Crippen molar-refractivity contribution >= 4 is 17.5 Å². The molecule has 0 aromatic heterocycles. The predicted octanol–water partition coefficient (Wildman–Crippen LogP) is 3.97. The van der Waals surface area contributed by atoms with Gasteiger partial charge in [0.1, 0.15) is 5.82 Å². The van der Waals surface area contributed by atoms with Crippen molar-refractivity contribution in [1.29, 1.82) is 0 Å². The molecule has 1 fully saturated rings. The molecule has 1 heterocycles. The molecule has 0 saturated carbocycles. The molecule has 1 aromatic carbocycles. The van der Waals surface area contributed by atoms with Crippen LogP contribution < -0.4 is 5.32 Å². The van der Waals surface area contributed by atoms with Crippen LogP contribution in [0.1, 0.15) is 44.0 Å². The molecule has 0 aliphatic carbocycles. The van der Waals surface area contributed by atoms with Crippen molar-refractivity contribution in [2.45, 2.75) is 39.7 Å². The monoisotopic (exact) mass is 340 g/mol. The summed E-state index contributed by atoms with van der Waals surface area (Å²) < 4.78 is 13.8. The lowest BCUT2D eigenvalue weighted by molar-refractivity contribution is 0.0860. The summed E-state index contributed by atoms with van der Waals surface area (Å²) in [6.07, 6.45) is 2.38. The Morgan fingerprint density at radius 2 is 2.04 bits per heavy atom. The first-order valence-corrected chi connectivity index (χ1v) is 8.74. The molecule has 1 N–H and O–H groups in total. The van der Waals surface area contributed by atoms with Crippen LogP contribution in [0.2, 0.25) is 5.02 Å². The number of nitrogens with one attached hydrogen (secondary N) is 1. The van der Waals surface area contributed by atoms with Crippen molar-refractivity contribution < 1.29 is 9.18 Å². The highest BCUT2D eigenvalue weighted by molar-refractivity contribution is 6.33. The molecule has 1 aliphatic rings. The number of amides is 1.